The van der Waals surface area contributed by atoms with Gasteiger partial charge in [-0.15, -0.1) is 0 Å². The van der Waals surface area contributed by atoms with Crippen molar-refractivity contribution in [1.82, 2.24) is 14.9 Å². The Morgan fingerprint density at radius 3 is 2.19 bits per heavy atom. The number of thioether (sulfide) groups is 1. The third kappa shape index (κ3) is 8.02. The van der Waals surface area contributed by atoms with Crippen LogP contribution in [0, 0.1) is 20.8 Å². The van der Waals surface area contributed by atoms with Crippen LogP contribution in [0.15, 0.2) is 78.0 Å². The first-order valence-corrected chi connectivity index (χ1v) is 14.6. The van der Waals surface area contributed by atoms with Crippen molar-refractivity contribution in [3.05, 3.63) is 106 Å². The number of anilines is 1. The van der Waals surface area contributed by atoms with E-state index in [-0.39, 0.29) is 18.2 Å². The van der Waals surface area contributed by atoms with E-state index < -0.39 is 11.9 Å². The molecule has 4 aromatic rings. The molecule has 218 valence electrons. The van der Waals surface area contributed by atoms with Gasteiger partial charge in [-0.1, -0.05) is 65.3 Å². The summed E-state index contributed by atoms with van der Waals surface area (Å²) in [6.07, 6.45) is 0. The lowest BCUT2D eigenvalue weighted by molar-refractivity contribution is -0.137. The molecule has 0 fully saturated rings. The first kappa shape index (κ1) is 30.9. The molecule has 0 saturated carbocycles. The Hall–Kier alpha value is -4.08. The molecule has 0 radical (unpaired) electrons. The Morgan fingerprint density at radius 2 is 1.57 bits per heavy atom. The number of hydrogen-bond donors (Lipinski definition) is 1. The Kier molecular flexibility index (Phi) is 10.4. The average Bonchev–Trinajstić information content (AvgIpc) is 2.97. The van der Waals surface area contributed by atoms with E-state index in [4.69, 9.17) is 21.1 Å². The molecule has 1 aromatic heterocycles. The van der Waals surface area contributed by atoms with Gasteiger partial charge in [0.25, 0.3) is 5.91 Å². The number of ether oxygens (including phenoxy) is 2. The van der Waals surface area contributed by atoms with E-state index in [9.17, 15) is 9.59 Å². The number of hydrogen-bond acceptors (Lipinski definition) is 7. The molecule has 0 bridgehead atoms. The summed E-state index contributed by atoms with van der Waals surface area (Å²) in [6, 6.07) is 20.8. The molecule has 4 rings (SSSR count). The summed E-state index contributed by atoms with van der Waals surface area (Å²) >= 11 is 7.44. The number of aromatic nitrogens is 2. The molecule has 0 aliphatic rings. The van der Waals surface area contributed by atoms with Gasteiger partial charge >= 0.3 is 0 Å². The second-order valence-corrected chi connectivity index (χ2v) is 11.1. The number of aryl methyl sites for hydroxylation is 3. The number of methoxy groups -OCH3 is 2. The fourth-order valence-corrected chi connectivity index (χ4v) is 5.36. The van der Waals surface area contributed by atoms with Crippen molar-refractivity contribution in [1.29, 1.82) is 0 Å². The summed E-state index contributed by atoms with van der Waals surface area (Å²) < 4.78 is 10.8. The lowest BCUT2D eigenvalue weighted by Crippen LogP contribution is -2.41. The van der Waals surface area contributed by atoms with Gasteiger partial charge in [-0.25, -0.2) is 9.97 Å². The smallest absolute Gasteiger partial charge is 0.251 e. The van der Waals surface area contributed by atoms with Gasteiger partial charge in [0.1, 0.15) is 17.5 Å². The first-order valence-electron chi connectivity index (χ1n) is 13.2. The normalized spacial score (nSPS) is 11.5. The molecule has 0 aliphatic carbocycles. The monoisotopic (exact) mass is 604 g/mol. The predicted molar refractivity (Wildman–Crippen MR) is 166 cm³/mol. The lowest BCUT2D eigenvalue weighted by Gasteiger charge is -2.32. The number of benzene rings is 3. The maximum atomic E-state index is 14.1. The third-order valence-corrected chi connectivity index (χ3v) is 7.58. The Balaban J connectivity index is 1.72. The summed E-state index contributed by atoms with van der Waals surface area (Å²) in [5.74, 6) is 0.393. The molecule has 0 spiro atoms. The van der Waals surface area contributed by atoms with E-state index >= 15 is 0 Å². The fourth-order valence-electron chi connectivity index (χ4n) is 4.40. The van der Waals surface area contributed by atoms with Gasteiger partial charge in [0.05, 0.1) is 25.7 Å². The van der Waals surface area contributed by atoms with Gasteiger partial charge < -0.3 is 19.7 Å². The van der Waals surface area contributed by atoms with Crippen LogP contribution in [-0.4, -0.2) is 46.7 Å². The van der Waals surface area contributed by atoms with E-state index in [0.29, 0.717) is 32.9 Å². The van der Waals surface area contributed by atoms with Crippen LogP contribution < -0.4 is 14.8 Å². The van der Waals surface area contributed by atoms with Gasteiger partial charge in [-0.3, -0.25) is 9.59 Å². The second kappa shape index (κ2) is 14.2. The van der Waals surface area contributed by atoms with Crippen molar-refractivity contribution >= 4 is 40.9 Å². The van der Waals surface area contributed by atoms with Crippen LogP contribution in [-0.2, 0) is 16.1 Å². The minimum absolute atomic E-state index is 0.0397. The predicted octanol–water partition coefficient (Wildman–Crippen LogP) is 6.57. The topological polar surface area (TPSA) is 93.7 Å². The maximum Gasteiger partial charge on any atom is 0.251 e. The van der Waals surface area contributed by atoms with Crippen LogP contribution >= 0.6 is 23.4 Å². The molecule has 42 heavy (non-hydrogen) atoms. The SMILES string of the molecule is COc1ccc(NC(=O)C(c2ccc(Cl)cc2)N(Cc2ccc(C)cc2)C(=O)CSc2nc(C)cc(C)n2)c(OC)c1. The zero-order valence-corrected chi connectivity index (χ0v) is 25.8. The van der Waals surface area contributed by atoms with Crippen molar-refractivity contribution in [2.45, 2.75) is 38.5 Å². The minimum Gasteiger partial charge on any atom is -0.497 e. The Labute approximate surface area is 255 Å². The summed E-state index contributed by atoms with van der Waals surface area (Å²) in [5, 5.41) is 4.00. The number of carbonyl (C=O) groups is 2. The largest absolute Gasteiger partial charge is 0.497 e. The summed E-state index contributed by atoms with van der Waals surface area (Å²) in [7, 11) is 3.07. The molecule has 1 N–H and O–H groups in total. The summed E-state index contributed by atoms with van der Waals surface area (Å²) in [4.78, 5) is 38.6. The number of halogens is 1. The molecule has 1 heterocycles. The van der Waals surface area contributed by atoms with Crippen LogP contribution in [0.1, 0.15) is 34.1 Å². The van der Waals surface area contributed by atoms with E-state index in [2.05, 4.69) is 15.3 Å². The highest BCUT2D eigenvalue weighted by Gasteiger charge is 2.32. The van der Waals surface area contributed by atoms with Crippen molar-refractivity contribution in [3.63, 3.8) is 0 Å². The molecule has 1 atom stereocenters. The van der Waals surface area contributed by atoms with Crippen LogP contribution in [0.3, 0.4) is 0 Å². The second-order valence-electron chi connectivity index (χ2n) is 9.74. The molecule has 0 aliphatic heterocycles. The highest BCUT2D eigenvalue weighted by atomic mass is 35.5. The standard InChI is InChI=1S/C32H33ClN4O4S/c1-20-6-8-23(9-7-20)18-37(29(38)19-42-32-34-21(2)16-22(3)35-32)30(24-10-12-25(33)13-11-24)31(39)36-27-15-14-26(40-4)17-28(27)41-5/h6-17,30H,18-19H2,1-5H3,(H,36,39). The Bertz CT molecular complexity index is 1530. The van der Waals surface area contributed by atoms with Crippen LogP contribution in [0.2, 0.25) is 5.02 Å². The molecular weight excluding hydrogens is 572 g/mol. The highest BCUT2D eigenvalue weighted by Crippen LogP contribution is 2.32. The first-order chi connectivity index (χ1) is 20.2. The molecule has 1 unspecified atom stereocenters. The van der Waals surface area contributed by atoms with Gasteiger partial charge in [0.15, 0.2) is 5.16 Å². The summed E-state index contributed by atoms with van der Waals surface area (Å²) in [5.41, 5.74) is 4.68. The van der Waals surface area contributed by atoms with E-state index in [1.165, 1.54) is 18.9 Å². The number of nitrogens with zero attached hydrogens (tertiary/aromatic N) is 3. The van der Waals surface area contributed by atoms with Crippen LogP contribution in [0.25, 0.3) is 0 Å². The summed E-state index contributed by atoms with van der Waals surface area (Å²) in [6.45, 7) is 5.98. The third-order valence-electron chi connectivity index (χ3n) is 6.49. The van der Waals surface area contributed by atoms with E-state index in [1.54, 1.807) is 54.5 Å². The van der Waals surface area contributed by atoms with E-state index in [0.717, 1.165) is 22.5 Å². The quantitative estimate of drug-likeness (QED) is 0.153. The zero-order chi connectivity index (χ0) is 30.2. The van der Waals surface area contributed by atoms with Gasteiger partial charge in [0.2, 0.25) is 5.91 Å². The van der Waals surface area contributed by atoms with Gasteiger partial charge in [0, 0.05) is 29.0 Å². The maximum absolute atomic E-state index is 14.1. The number of amides is 2. The zero-order valence-electron chi connectivity index (χ0n) is 24.2. The van der Waals surface area contributed by atoms with Crippen molar-refractivity contribution in [3.8, 4) is 11.5 Å². The molecule has 8 nitrogen and oxygen atoms in total. The van der Waals surface area contributed by atoms with Gasteiger partial charge in [-0.05, 0) is 62.2 Å². The fraction of sp³-hybridized carbons (Fsp3) is 0.250. The molecular formula is C32H33ClN4O4S. The van der Waals surface area contributed by atoms with Gasteiger partial charge in [-0.2, -0.15) is 0 Å². The van der Waals surface area contributed by atoms with E-state index in [1.807, 2.05) is 51.1 Å². The average molecular weight is 605 g/mol. The number of rotatable bonds is 11. The molecule has 10 heteroatoms. The lowest BCUT2D eigenvalue weighted by atomic mass is 10.0. The number of carbonyl (C=O) groups excluding carboxylic acids is 2. The highest BCUT2D eigenvalue weighted by molar-refractivity contribution is 7.99. The minimum atomic E-state index is -0.983. The molecule has 0 saturated heterocycles. The Morgan fingerprint density at radius 1 is 0.905 bits per heavy atom. The van der Waals surface area contributed by atoms with Crippen molar-refractivity contribution < 1.29 is 19.1 Å². The van der Waals surface area contributed by atoms with Crippen LogP contribution in [0.5, 0.6) is 11.5 Å². The van der Waals surface area contributed by atoms with Crippen molar-refractivity contribution in [2.75, 3.05) is 25.3 Å². The molecule has 3 aromatic carbocycles. The molecule has 2 amide bonds. The van der Waals surface area contributed by atoms with Crippen molar-refractivity contribution in [2.24, 2.45) is 0 Å². The number of nitrogens with one attached hydrogen (secondary N) is 1. The van der Waals surface area contributed by atoms with Crippen LogP contribution in [0.4, 0.5) is 5.69 Å².